The van der Waals surface area contributed by atoms with Gasteiger partial charge in [-0.25, -0.2) is 0 Å². The second-order valence-corrected chi connectivity index (χ2v) is 5.36. The number of likely N-dealkylation sites (tertiary alicyclic amines) is 1. The van der Waals surface area contributed by atoms with Crippen LogP contribution in [-0.2, 0) is 4.79 Å². The number of hydrogen-bond acceptors (Lipinski definition) is 3. The predicted octanol–water partition coefficient (Wildman–Crippen LogP) is 2.29. The molecule has 5 heteroatoms. The van der Waals surface area contributed by atoms with Crippen LogP contribution in [0.2, 0.25) is 0 Å². The molecule has 1 fully saturated rings. The normalized spacial score (nSPS) is 20.4. The highest BCUT2D eigenvalue weighted by Gasteiger charge is 2.23. The van der Waals surface area contributed by atoms with Crippen molar-refractivity contribution in [1.29, 1.82) is 0 Å². The van der Waals surface area contributed by atoms with E-state index in [4.69, 9.17) is 0 Å². The molecule has 0 aromatic rings. The molecule has 1 saturated heterocycles. The predicted molar refractivity (Wildman–Crippen MR) is 70.6 cm³/mol. The Morgan fingerprint density at radius 2 is 1.94 bits per heavy atom. The molecule has 16 heavy (non-hydrogen) atoms. The summed E-state index contributed by atoms with van der Waals surface area (Å²) in [6.07, 6.45) is 2.35. The van der Waals surface area contributed by atoms with Gasteiger partial charge in [-0.3, -0.25) is 4.79 Å². The summed E-state index contributed by atoms with van der Waals surface area (Å²) in [4.78, 5) is 17.4. The minimum Gasteiger partial charge on any atom is -0.356 e. The van der Waals surface area contributed by atoms with E-state index >= 15 is 0 Å². The second kappa shape index (κ2) is 5.82. The van der Waals surface area contributed by atoms with Gasteiger partial charge < -0.3 is 9.80 Å². The molecular formula is C11H19ClN2OS. The third kappa shape index (κ3) is 2.86. The average molecular weight is 263 g/mol. The SMILES string of the molecule is CC1=C(C)N(CC(=O)N2CCCC2)CS1.Cl. The third-order valence-corrected chi connectivity index (χ3v) is 4.37. The summed E-state index contributed by atoms with van der Waals surface area (Å²) in [5, 5.41) is 0. The highest BCUT2D eigenvalue weighted by molar-refractivity contribution is 8.03. The lowest BCUT2D eigenvalue weighted by atomic mass is 10.4. The van der Waals surface area contributed by atoms with Gasteiger partial charge in [-0.15, -0.1) is 24.2 Å². The number of halogens is 1. The largest absolute Gasteiger partial charge is 0.356 e. The maximum Gasteiger partial charge on any atom is 0.242 e. The lowest BCUT2D eigenvalue weighted by Gasteiger charge is -2.22. The lowest BCUT2D eigenvalue weighted by molar-refractivity contribution is -0.130. The molecule has 0 aromatic heterocycles. The van der Waals surface area contributed by atoms with Crippen molar-refractivity contribution in [2.75, 3.05) is 25.5 Å². The number of amides is 1. The quantitative estimate of drug-likeness (QED) is 0.763. The molecule has 2 aliphatic heterocycles. The maximum atomic E-state index is 11.9. The van der Waals surface area contributed by atoms with Gasteiger partial charge in [0.05, 0.1) is 12.4 Å². The molecule has 0 radical (unpaired) electrons. The first-order valence-corrected chi connectivity index (χ1v) is 6.50. The maximum absolute atomic E-state index is 11.9. The van der Waals surface area contributed by atoms with Crippen molar-refractivity contribution in [2.24, 2.45) is 0 Å². The van der Waals surface area contributed by atoms with Crippen LogP contribution < -0.4 is 0 Å². The molecule has 0 aromatic carbocycles. The highest BCUT2D eigenvalue weighted by Crippen LogP contribution is 2.30. The fourth-order valence-electron chi connectivity index (χ4n) is 1.99. The van der Waals surface area contributed by atoms with Gasteiger partial charge in [-0.2, -0.15) is 0 Å². The highest BCUT2D eigenvalue weighted by atomic mass is 35.5. The van der Waals surface area contributed by atoms with Crippen molar-refractivity contribution in [3.05, 3.63) is 10.6 Å². The van der Waals surface area contributed by atoms with Crippen LogP contribution in [-0.4, -0.2) is 41.2 Å². The summed E-state index contributed by atoms with van der Waals surface area (Å²) in [5.74, 6) is 1.24. The molecule has 2 heterocycles. The third-order valence-electron chi connectivity index (χ3n) is 3.21. The number of rotatable bonds is 2. The molecule has 92 valence electrons. The van der Waals surface area contributed by atoms with Crippen molar-refractivity contribution >= 4 is 30.1 Å². The van der Waals surface area contributed by atoms with Gasteiger partial charge >= 0.3 is 0 Å². The Bertz CT molecular complexity index is 300. The van der Waals surface area contributed by atoms with Crippen molar-refractivity contribution in [3.63, 3.8) is 0 Å². The average Bonchev–Trinajstić information content (AvgIpc) is 2.83. The molecule has 0 atom stereocenters. The minimum atomic E-state index is 0. The van der Waals surface area contributed by atoms with Crippen LogP contribution in [0.1, 0.15) is 26.7 Å². The van der Waals surface area contributed by atoms with Crippen LogP contribution in [0.3, 0.4) is 0 Å². The monoisotopic (exact) mass is 262 g/mol. The van der Waals surface area contributed by atoms with E-state index in [0.717, 1.165) is 19.0 Å². The Labute approximate surface area is 108 Å². The van der Waals surface area contributed by atoms with E-state index < -0.39 is 0 Å². The molecule has 0 unspecified atom stereocenters. The van der Waals surface area contributed by atoms with Crippen LogP contribution >= 0.6 is 24.2 Å². The Kier molecular flexibility index (Phi) is 4.99. The van der Waals surface area contributed by atoms with Crippen LogP contribution in [0.15, 0.2) is 10.6 Å². The molecule has 0 aliphatic carbocycles. The van der Waals surface area contributed by atoms with Crippen LogP contribution in [0.5, 0.6) is 0 Å². The number of thioether (sulfide) groups is 1. The van der Waals surface area contributed by atoms with Crippen LogP contribution in [0.4, 0.5) is 0 Å². The zero-order chi connectivity index (χ0) is 10.8. The zero-order valence-corrected chi connectivity index (χ0v) is 11.5. The molecule has 0 N–H and O–H groups in total. The first-order valence-electron chi connectivity index (χ1n) is 5.51. The van der Waals surface area contributed by atoms with E-state index in [0.29, 0.717) is 12.5 Å². The molecule has 0 bridgehead atoms. The van der Waals surface area contributed by atoms with Gasteiger partial charge in [-0.1, -0.05) is 0 Å². The Balaban J connectivity index is 0.00000128. The van der Waals surface area contributed by atoms with Crippen molar-refractivity contribution < 1.29 is 4.79 Å². The molecular weight excluding hydrogens is 244 g/mol. The van der Waals surface area contributed by atoms with Gasteiger partial charge in [0.15, 0.2) is 0 Å². The summed E-state index contributed by atoms with van der Waals surface area (Å²) in [6.45, 7) is 6.71. The topological polar surface area (TPSA) is 23.6 Å². The summed E-state index contributed by atoms with van der Waals surface area (Å²) in [6, 6.07) is 0. The summed E-state index contributed by atoms with van der Waals surface area (Å²) < 4.78 is 0. The fraction of sp³-hybridized carbons (Fsp3) is 0.727. The molecule has 3 nitrogen and oxygen atoms in total. The molecule has 0 saturated carbocycles. The van der Waals surface area contributed by atoms with E-state index in [9.17, 15) is 4.79 Å². The minimum absolute atomic E-state index is 0. The molecule has 2 aliphatic rings. The van der Waals surface area contributed by atoms with Gasteiger partial charge in [0.1, 0.15) is 0 Å². The number of nitrogens with zero attached hydrogens (tertiary/aromatic N) is 2. The van der Waals surface area contributed by atoms with Gasteiger partial charge in [0.25, 0.3) is 0 Å². The Morgan fingerprint density at radius 3 is 2.44 bits per heavy atom. The van der Waals surface area contributed by atoms with Crippen LogP contribution in [0.25, 0.3) is 0 Å². The van der Waals surface area contributed by atoms with E-state index in [1.807, 2.05) is 16.7 Å². The number of allylic oxidation sites excluding steroid dienone is 2. The standard InChI is InChI=1S/C11H18N2OS.ClH/c1-9-10(2)15-8-13(9)7-11(14)12-5-3-4-6-12;/h3-8H2,1-2H3;1H. The smallest absolute Gasteiger partial charge is 0.242 e. The van der Waals surface area contributed by atoms with E-state index in [2.05, 4.69) is 18.7 Å². The first-order chi connectivity index (χ1) is 7.18. The van der Waals surface area contributed by atoms with Crippen molar-refractivity contribution in [3.8, 4) is 0 Å². The molecule has 2 rings (SSSR count). The number of carbonyl (C=O) groups excluding carboxylic acids is 1. The number of carbonyl (C=O) groups is 1. The van der Waals surface area contributed by atoms with E-state index in [1.54, 1.807) is 0 Å². The van der Waals surface area contributed by atoms with E-state index in [1.165, 1.54) is 23.4 Å². The molecule has 0 spiro atoms. The lowest BCUT2D eigenvalue weighted by Crippen LogP contribution is -2.37. The van der Waals surface area contributed by atoms with Gasteiger partial charge in [0.2, 0.25) is 5.91 Å². The van der Waals surface area contributed by atoms with Crippen molar-refractivity contribution in [1.82, 2.24) is 9.80 Å². The summed E-state index contributed by atoms with van der Waals surface area (Å²) in [7, 11) is 0. The fourth-order valence-corrected chi connectivity index (χ4v) is 2.97. The first kappa shape index (κ1) is 13.7. The zero-order valence-electron chi connectivity index (χ0n) is 9.86. The second-order valence-electron chi connectivity index (χ2n) is 4.20. The van der Waals surface area contributed by atoms with Crippen LogP contribution in [0, 0.1) is 0 Å². The Hall–Kier alpha value is -0.350. The van der Waals surface area contributed by atoms with E-state index in [-0.39, 0.29) is 12.4 Å². The number of hydrogen-bond donors (Lipinski definition) is 0. The summed E-state index contributed by atoms with van der Waals surface area (Å²) in [5.41, 5.74) is 1.27. The summed E-state index contributed by atoms with van der Waals surface area (Å²) >= 11 is 1.83. The molecule has 1 amide bonds. The Morgan fingerprint density at radius 1 is 1.31 bits per heavy atom. The van der Waals surface area contributed by atoms with Crippen molar-refractivity contribution in [2.45, 2.75) is 26.7 Å². The van der Waals surface area contributed by atoms with Gasteiger partial charge in [-0.05, 0) is 26.7 Å². The van der Waals surface area contributed by atoms with Gasteiger partial charge in [0, 0.05) is 23.7 Å².